The van der Waals surface area contributed by atoms with Crippen molar-refractivity contribution in [2.75, 3.05) is 6.61 Å². The van der Waals surface area contributed by atoms with E-state index in [0.29, 0.717) is 12.4 Å². The zero-order valence-electron chi connectivity index (χ0n) is 7.50. The smallest absolute Gasteiger partial charge is 0.374 e. The van der Waals surface area contributed by atoms with Crippen molar-refractivity contribution in [2.24, 2.45) is 7.05 Å². The quantitative estimate of drug-likeness (QED) is 0.616. The standard InChI is InChI=1S/C8H12N2O2/c1-4-12-8(11)7-9-6(2)5-10(7)3/h5H,4H2,1-3H3. The fourth-order valence-electron chi connectivity index (χ4n) is 1.00. The normalized spacial score (nSPS) is 9.92. The Bertz CT molecular complexity index is 291. The Morgan fingerprint density at radius 2 is 2.42 bits per heavy atom. The lowest BCUT2D eigenvalue weighted by atomic mass is 10.6. The molecule has 0 aliphatic carbocycles. The molecule has 0 unspecified atom stereocenters. The minimum Gasteiger partial charge on any atom is -0.460 e. The van der Waals surface area contributed by atoms with Crippen molar-refractivity contribution in [1.82, 2.24) is 9.55 Å². The number of hydrogen-bond acceptors (Lipinski definition) is 3. The van der Waals surface area contributed by atoms with E-state index >= 15 is 0 Å². The highest BCUT2D eigenvalue weighted by Crippen LogP contribution is 2.01. The van der Waals surface area contributed by atoms with Crippen LogP contribution in [0.15, 0.2) is 6.20 Å². The van der Waals surface area contributed by atoms with Gasteiger partial charge >= 0.3 is 5.97 Å². The molecule has 4 nitrogen and oxygen atoms in total. The summed E-state index contributed by atoms with van der Waals surface area (Å²) < 4.78 is 6.46. The Morgan fingerprint density at radius 3 is 2.83 bits per heavy atom. The van der Waals surface area contributed by atoms with Crippen molar-refractivity contribution in [2.45, 2.75) is 13.8 Å². The summed E-state index contributed by atoms with van der Waals surface area (Å²) in [5.41, 5.74) is 0.820. The minimum absolute atomic E-state index is 0.356. The molecule has 0 aromatic carbocycles. The number of nitrogens with zero attached hydrogens (tertiary/aromatic N) is 2. The molecule has 4 heteroatoms. The van der Waals surface area contributed by atoms with Crippen LogP contribution in [0, 0.1) is 6.92 Å². The number of carbonyl (C=O) groups is 1. The molecule has 0 saturated carbocycles. The molecule has 0 aliphatic heterocycles. The molecule has 0 bridgehead atoms. The molecule has 0 saturated heterocycles. The van der Waals surface area contributed by atoms with Gasteiger partial charge in [-0.2, -0.15) is 0 Å². The highest BCUT2D eigenvalue weighted by atomic mass is 16.5. The Morgan fingerprint density at radius 1 is 1.75 bits per heavy atom. The van der Waals surface area contributed by atoms with Crippen molar-refractivity contribution in [3.8, 4) is 0 Å². The van der Waals surface area contributed by atoms with Crippen LogP contribution in [0.1, 0.15) is 23.2 Å². The van der Waals surface area contributed by atoms with Gasteiger partial charge in [-0.05, 0) is 13.8 Å². The Labute approximate surface area is 71.2 Å². The van der Waals surface area contributed by atoms with Crippen molar-refractivity contribution in [1.29, 1.82) is 0 Å². The van der Waals surface area contributed by atoms with Crippen molar-refractivity contribution < 1.29 is 9.53 Å². The average Bonchev–Trinajstić information content (AvgIpc) is 2.30. The van der Waals surface area contributed by atoms with Crippen LogP contribution in [0.5, 0.6) is 0 Å². The van der Waals surface area contributed by atoms with Gasteiger partial charge in [0.2, 0.25) is 5.82 Å². The van der Waals surface area contributed by atoms with E-state index < -0.39 is 0 Å². The van der Waals surface area contributed by atoms with Gasteiger partial charge in [-0.15, -0.1) is 0 Å². The number of carbonyl (C=O) groups excluding carboxylic acids is 1. The van der Waals surface area contributed by atoms with Gasteiger partial charge in [0.1, 0.15) is 0 Å². The molecule has 1 heterocycles. The highest BCUT2D eigenvalue weighted by molar-refractivity contribution is 5.85. The first-order valence-corrected chi connectivity index (χ1v) is 3.82. The molecule has 66 valence electrons. The van der Waals surface area contributed by atoms with E-state index in [0.717, 1.165) is 5.69 Å². The zero-order chi connectivity index (χ0) is 9.14. The van der Waals surface area contributed by atoms with Gasteiger partial charge in [-0.1, -0.05) is 0 Å². The predicted molar refractivity (Wildman–Crippen MR) is 43.9 cm³/mol. The van der Waals surface area contributed by atoms with Gasteiger partial charge < -0.3 is 9.30 Å². The lowest BCUT2D eigenvalue weighted by Crippen LogP contribution is -2.10. The molecule has 0 radical (unpaired) electrons. The summed E-state index contributed by atoms with van der Waals surface area (Å²) in [7, 11) is 1.77. The van der Waals surface area contributed by atoms with Gasteiger partial charge in [-0.3, -0.25) is 0 Å². The molecule has 1 rings (SSSR count). The molecular formula is C8H12N2O2. The Hall–Kier alpha value is -1.32. The molecule has 0 amide bonds. The molecule has 0 aliphatic rings. The third-order valence-corrected chi connectivity index (χ3v) is 1.45. The van der Waals surface area contributed by atoms with Crippen LogP contribution in [-0.4, -0.2) is 22.1 Å². The summed E-state index contributed by atoms with van der Waals surface area (Å²) in [4.78, 5) is 15.2. The molecule has 12 heavy (non-hydrogen) atoms. The summed E-state index contributed by atoms with van der Waals surface area (Å²) in [6, 6.07) is 0. The number of hydrogen-bond donors (Lipinski definition) is 0. The largest absolute Gasteiger partial charge is 0.460 e. The molecule has 0 atom stereocenters. The minimum atomic E-state index is -0.367. The van der Waals surface area contributed by atoms with Crippen LogP contribution in [0.2, 0.25) is 0 Å². The van der Waals surface area contributed by atoms with E-state index in [1.807, 2.05) is 6.92 Å². The first-order chi connectivity index (χ1) is 5.65. The van der Waals surface area contributed by atoms with Gasteiger partial charge in [0.05, 0.1) is 12.3 Å². The van der Waals surface area contributed by atoms with E-state index in [4.69, 9.17) is 4.74 Å². The van der Waals surface area contributed by atoms with Gasteiger partial charge in [0.25, 0.3) is 0 Å². The number of aromatic nitrogens is 2. The van der Waals surface area contributed by atoms with Crippen LogP contribution in [0.4, 0.5) is 0 Å². The van der Waals surface area contributed by atoms with E-state index in [9.17, 15) is 4.79 Å². The van der Waals surface area contributed by atoms with E-state index in [2.05, 4.69) is 4.98 Å². The number of aryl methyl sites for hydroxylation is 2. The average molecular weight is 168 g/mol. The molecule has 1 aromatic heterocycles. The Kier molecular flexibility index (Phi) is 2.47. The van der Waals surface area contributed by atoms with Crippen molar-refractivity contribution in [3.05, 3.63) is 17.7 Å². The lowest BCUT2D eigenvalue weighted by molar-refractivity contribution is 0.0508. The van der Waals surface area contributed by atoms with Crippen LogP contribution in [-0.2, 0) is 11.8 Å². The first kappa shape index (κ1) is 8.77. The maximum absolute atomic E-state index is 11.2. The van der Waals surface area contributed by atoms with Crippen molar-refractivity contribution in [3.63, 3.8) is 0 Å². The fourth-order valence-corrected chi connectivity index (χ4v) is 1.00. The third-order valence-electron chi connectivity index (χ3n) is 1.45. The van der Waals surface area contributed by atoms with Crippen LogP contribution >= 0.6 is 0 Å². The Balaban J connectivity index is 2.87. The van der Waals surface area contributed by atoms with E-state index in [1.165, 1.54) is 0 Å². The highest BCUT2D eigenvalue weighted by Gasteiger charge is 2.12. The monoisotopic (exact) mass is 168 g/mol. The van der Waals surface area contributed by atoms with Gasteiger partial charge in [-0.25, -0.2) is 9.78 Å². The molecule has 0 N–H and O–H groups in total. The van der Waals surface area contributed by atoms with Crippen LogP contribution in [0.3, 0.4) is 0 Å². The first-order valence-electron chi connectivity index (χ1n) is 3.82. The zero-order valence-corrected chi connectivity index (χ0v) is 7.50. The lowest BCUT2D eigenvalue weighted by Gasteiger charge is -1.99. The summed E-state index contributed by atoms with van der Waals surface area (Å²) in [5, 5.41) is 0. The summed E-state index contributed by atoms with van der Waals surface area (Å²) in [6.07, 6.45) is 1.78. The summed E-state index contributed by atoms with van der Waals surface area (Å²) >= 11 is 0. The predicted octanol–water partition coefficient (Wildman–Crippen LogP) is 0.905. The molecule has 0 spiro atoms. The topological polar surface area (TPSA) is 44.1 Å². The molecule has 1 aromatic rings. The van der Waals surface area contributed by atoms with E-state index in [1.54, 1.807) is 24.7 Å². The van der Waals surface area contributed by atoms with Gasteiger partial charge in [0.15, 0.2) is 0 Å². The fraction of sp³-hybridized carbons (Fsp3) is 0.500. The number of imidazole rings is 1. The number of esters is 1. The number of rotatable bonds is 2. The van der Waals surface area contributed by atoms with E-state index in [-0.39, 0.29) is 5.97 Å². The number of ether oxygens (including phenoxy) is 1. The third kappa shape index (κ3) is 1.64. The second-order valence-electron chi connectivity index (χ2n) is 2.54. The molecule has 0 fully saturated rings. The summed E-state index contributed by atoms with van der Waals surface area (Å²) in [5.74, 6) is -0.0116. The maximum Gasteiger partial charge on any atom is 0.374 e. The second kappa shape index (κ2) is 3.38. The van der Waals surface area contributed by atoms with Crippen molar-refractivity contribution >= 4 is 5.97 Å². The summed E-state index contributed by atoms with van der Waals surface area (Å²) in [6.45, 7) is 3.99. The SMILES string of the molecule is CCOC(=O)c1nc(C)cn1C. The second-order valence-corrected chi connectivity index (χ2v) is 2.54. The van der Waals surface area contributed by atoms with Gasteiger partial charge in [0, 0.05) is 13.2 Å². The van der Waals surface area contributed by atoms with Crippen LogP contribution < -0.4 is 0 Å². The maximum atomic E-state index is 11.2. The molecular weight excluding hydrogens is 156 g/mol. The van der Waals surface area contributed by atoms with Crippen LogP contribution in [0.25, 0.3) is 0 Å².